The molecule has 0 radical (unpaired) electrons. The first kappa shape index (κ1) is 18.0. The first-order valence-corrected chi connectivity index (χ1v) is 8.18. The van der Waals surface area contributed by atoms with Crippen molar-refractivity contribution in [1.29, 1.82) is 5.26 Å². The smallest absolute Gasteiger partial charge is 0.169 e. The van der Waals surface area contributed by atoms with Crippen molar-refractivity contribution in [3.8, 4) is 6.07 Å². The molecule has 7 nitrogen and oxygen atoms in total. The topological polar surface area (TPSA) is 107 Å². The van der Waals surface area contributed by atoms with Gasteiger partial charge in [-0.2, -0.15) is 5.26 Å². The summed E-state index contributed by atoms with van der Waals surface area (Å²) in [6.45, 7) is -0.379. The third-order valence-electron chi connectivity index (χ3n) is 4.38. The van der Waals surface area contributed by atoms with Gasteiger partial charge >= 0.3 is 0 Å². The molecule has 2 unspecified atom stereocenters. The number of nitriles is 1. The highest BCUT2D eigenvalue weighted by Gasteiger charge is 2.33. The number of methoxy groups -OCH3 is 1. The van der Waals surface area contributed by atoms with Crippen molar-refractivity contribution < 1.29 is 19.7 Å². The number of β-amino-alcohol motifs (C(OH)–C–C–N with tert-alkyl or cyclic N) is 1. The molecule has 0 saturated heterocycles. The van der Waals surface area contributed by atoms with Crippen LogP contribution in [0.2, 0.25) is 0 Å². The Morgan fingerprint density at radius 2 is 2.35 bits per heavy atom. The van der Waals surface area contributed by atoms with Gasteiger partial charge in [-0.15, -0.1) is 0 Å². The number of hydrogen-bond donors (Lipinski definition) is 2. The van der Waals surface area contributed by atoms with Crippen molar-refractivity contribution in [3.63, 3.8) is 0 Å². The molecule has 0 fully saturated rings. The number of aromatic nitrogens is 1. The average Bonchev–Trinajstić information content (AvgIpc) is 2.67. The van der Waals surface area contributed by atoms with Crippen LogP contribution in [0.5, 0.6) is 0 Å². The first-order valence-electron chi connectivity index (χ1n) is 8.18. The van der Waals surface area contributed by atoms with E-state index in [4.69, 9.17) is 9.84 Å². The van der Waals surface area contributed by atoms with Crippen LogP contribution in [0.15, 0.2) is 53.6 Å². The highest BCUT2D eigenvalue weighted by Crippen LogP contribution is 2.40. The zero-order valence-electron chi connectivity index (χ0n) is 14.3. The number of fused-ring (bicyclic) bond motifs is 1. The monoisotopic (exact) mass is 353 g/mol. The molecular weight excluding hydrogens is 334 g/mol. The fourth-order valence-corrected chi connectivity index (χ4v) is 3.17. The van der Waals surface area contributed by atoms with Crippen LogP contribution in [0.4, 0.5) is 0 Å². The van der Waals surface area contributed by atoms with Gasteiger partial charge in [0.05, 0.1) is 19.3 Å². The molecule has 0 amide bonds. The zero-order valence-corrected chi connectivity index (χ0v) is 14.3. The standard InChI is InChI=1S/C19H19N3O4/c1-26-18-6-15-13(5-17(18)25)9-22(10-14(24)11-23)16(7-20)19(15)12-3-2-4-21-8-12/h2-4,6,8-9,14,18,23-24H,5,10-11H2,1H3. The molecule has 0 aromatic carbocycles. The summed E-state index contributed by atoms with van der Waals surface area (Å²) in [7, 11) is 1.47. The Morgan fingerprint density at radius 3 is 2.96 bits per heavy atom. The van der Waals surface area contributed by atoms with Crippen LogP contribution in [0.3, 0.4) is 0 Å². The summed E-state index contributed by atoms with van der Waals surface area (Å²) >= 11 is 0. The van der Waals surface area contributed by atoms with Crippen LogP contribution >= 0.6 is 0 Å². The van der Waals surface area contributed by atoms with E-state index in [0.29, 0.717) is 11.3 Å². The maximum Gasteiger partial charge on any atom is 0.169 e. The van der Waals surface area contributed by atoms with Crippen molar-refractivity contribution in [3.05, 3.63) is 59.2 Å². The van der Waals surface area contributed by atoms with Crippen molar-refractivity contribution in [2.24, 2.45) is 0 Å². The van der Waals surface area contributed by atoms with E-state index in [1.807, 2.05) is 6.07 Å². The molecule has 0 bridgehead atoms. The molecule has 134 valence electrons. The molecule has 26 heavy (non-hydrogen) atoms. The summed E-state index contributed by atoms with van der Waals surface area (Å²) in [5.74, 6) is -0.0731. The normalized spacial score (nSPS) is 20.9. The molecule has 0 saturated carbocycles. The number of carbonyl (C=O) groups excluding carboxylic acids is 1. The second-order valence-corrected chi connectivity index (χ2v) is 6.10. The Kier molecular flexibility index (Phi) is 5.28. The Hall–Kier alpha value is -2.79. The summed E-state index contributed by atoms with van der Waals surface area (Å²) in [6.07, 6.45) is 5.18. The highest BCUT2D eigenvalue weighted by atomic mass is 16.5. The van der Waals surface area contributed by atoms with Gasteiger partial charge in [0.1, 0.15) is 17.9 Å². The van der Waals surface area contributed by atoms with Crippen molar-refractivity contribution >= 4 is 11.4 Å². The summed E-state index contributed by atoms with van der Waals surface area (Å²) < 4.78 is 5.25. The molecule has 7 heteroatoms. The van der Waals surface area contributed by atoms with E-state index >= 15 is 0 Å². The van der Waals surface area contributed by atoms with E-state index < -0.39 is 18.8 Å². The van der Waals surface area contributed by atoms with Crippen LogP contribution in [0.25, 0.3) is 5.57 Å². The molecule has 2 heterocycles. The Balaban J connectivity index is 2.18. The van der Waals surface area contributed by atoms with E-state index in [1.54, 1.807) is 35.6 Å². The molecule has 2 N–H and O–H groups in total. The lowest BCUT2D eigenvalue weighted by Crippen LogP contribution is -2.35. The van der Waals surface area contributed by atoms with E-state index in [-0.39, 0.29) is 18.7 Å². The SMILES string of the molecule is COC1C=C2C(=CN(CC(O)CO)C(C#N)=C2c2cccnc2)CC1=O. The molecule has 1 aromatic heterocycles. The van der Waals surface area contributed by atoms with Crippen LogP contribution < -0.4 is 0 Å². The predicted molar refractivity (Wildman–Crippen MR) is 93.2 cm³/mol. The predicted octanol–water partition coefficient (Wildman–Crippen LogP) is 0.783. The number of Topliss-reactive ketones (excluding diaryl/α,β-unsaturated/α-hetero) is 1. The second kappa shape index (κ2) is 7.62. The lowest BCUT2D eigenvalue weighted by molar-refractivity contribution is -0.125. The van der Waals surface area contributed by atoms with E-state index in [1.165, 1.54) is 7.11 Å². The second-order valence-electron chi connectivity index (χ2n) is 6.10. The number of hydrogen-bond acceptors (Lipinski definition) is 7. The summed E-state index contributed by atoms with van der Waals surface area (Å²) in [5, 5.41) is 28.8. The number of allylic oxidation sites excluding steroid dienone is 4. The third kappa shape index (κ3) is 3.30. The molecule has 3 rings (SSSR count). The quantitative estimate of drug-likeness (QED) is 0.806. The van der Waals surface area contributed by atoms with Gasteiger partial charge in [0.25, 0.3) is 0 Å². The van der Waals surface area contributed by atoms with Gasteiger partial charge in [0.15, 0.2) is 5.78 Å². The van der Waals surface area contributed by atoms with Gasteiger partial charge in [-0.1, -0.05) is 6.07 Å². The molecule has 2 aliphatic rings. The minimum Gasteiger partial charge on any atom is -0.394 e. The van der Waals surface area contributed by atoms with Crippen molar-refractivity contribution in [2.45, 2.75) is 18.6 Å². The Bertz CT molecular complexity index is 836. The van der Waals surface area contributed by atoms with Crippen LogP contribution in [-0.2, 0) is 9.53 Å². The third-order valence-corrected chi connectivity index (χ3v) is 4.38. The fraction of sp³-hybridized carbons (Fsp3) is 0.316. The van der Waals surface area contributed by atoms with E-state index in [2.05, 4.69) is 11.1 Å². The van der Waals surface area contributed by atoms with Crippen LogP contribution in [0, 0.1) is 11.3 Å². The lowest BCUT2D eigenvalue weighted by Gasteiger charge is -2.34. The van der Waals surface area contributed by atoms with Gasteiger partial charge in [0.2, 0.25) is 0 Å². The number of pyridine rings is 1. The number of aliphatic hydroxyl groups is 2. The molecular formula is C19H19N3O4. The fourth-order valence-electron chi connectivity index (χ4n) is 3.17. The number of nitrogens with zero attached hydrogens (tertiary/aromatic N) is 3. The first-order chi connectivity index (χ1) is 12.6. The zero-order chi connectivity index (χ0) is 18.7. The summed E-state index contributed by atoms with van der Waals surface area (Å²) in [4.78, 5) is 18.0. The van der Waals surface area contributed by atoms with Gasteiger partial charge < -0.3 is 19.8 Å². The summed E-state index contributed by atoms with van der Waals surface area (Å²) in [6, 6.07) is 5.79. The largest absolute Gasteiger partial charge is 0.394 e. The Labute approximate surface area is 151 Å². The van der Waals surface area contributed by atoms with E-state index in [9.17, 15) is 15.2 Å². The number of rotatable bonds is 5. The van der Waals surface area contributed by atoms with Crippen LogP contribution in [-0.4, -0.2) is 58.3 Å². The van der Waals surface area contributed by atoms with Gasteiger partial charge in [-0.25, -0.2) is 0 Å². The maximum absolute atomic E-state index is 12.2. The van der Waals surface area contributed by atoms with Gasteiger partial charge in [-0.05, 0) is 23.3 Å². The van der Waals surface area contributed by atoms with Crippen molar-refractivity contribution in [1.82, 2.24) is 9.88 Å². The maximum atomic E-state index is 12.2. The molecule has 1 aromatic rings. The van der Waals surface area contributed by atoms with Crippen LogP contribution in [0.1, 0.15) is 12.0 Å². The molecule has 1 aliphatic carbocycles. The van der Waals surface area contributed by atoms with E-state index in [0.717, 1.165) is 16.7 Å². The highest BCUT2D eigenvalue weighted by molar-refractivity contribution is 5.97. The Morgan fingerprint density at radius 1 is 1.54 bits per heavy atom. The molecule has 0 spiro atoms. The lowest BCUT2D eigenvalue weighted by atomic mass is 9.81. The number of ether oxygens (including phenoxy) is 1. The molecule has 2 atom stereocenters. The minimum absolute atomic E-state index is 0.0435. The van der Waals surface area contributed by atoms with Crippen molar-refractivity contribution in [2.75, 3.05) is 20.3 Å². The average molecular weight is 353 g/mol. The van der Waals surface area contributed by atoms with Gasteiger partial charge in [0, 0.05) is 43.3 Å². The minimum atomic E-state index is -1.01. The molecule has 1 aliphatic heterocycles. The summed E-state index contributed by atoms with van der Waals surface area (Å²) in [5.41, 5.74) is 3.19. The number of aliphatic hydroxyl groups excluding tert-OH is 2. The number of ketones is 1. The number of carbonyl (C=O) groups is 1. The van der Waals surface area contributed by atoms with Gasteiger partial charge in [-0.3, -0.25) is 9.78 Å².